The predicted molar refractivity (Wildman–Crippen MR) is 122 cm³/mol. The molecule has 0 bridgehead atoms. The topological polar surface area (TPSA) is 58.2 Å². The number of benzene rings is 3. The summed E-state index contributed by atoms with van der Waals surface area (Å²) < 4.78 is 28.1. The normalized spacial score (nSPS) is 22.7. The van der Waals surface area contributed by atoms with Gasteiger partial charge in [0.05, 0.1) is 10.9 Å². The van der Waals surface area contributed by atoms with Crippen LogP contribution in [0.4, 0.5) is 5.69 Å². The largest absolute Gasteiger partial charge is 0.378 e. The zero-order chi connectivity index (χ0) is 20.9. The number of hydrogen-bond acceptors (Lipinski definition) is 3. The highest BCUT2D eigenvalue weighted by molar-refractivity contribution is 7.89. The van der Waals surface area contributed by atoms with Crippen molar-refractivity contribution >= 4 is 26.5 Å². The monoisotopic (exact) mass is 418 g/mol. The molecule has 2 aliphatic rings. The maximum Gasteiger partial charge on any atom is 0.240 e. The highest BCUT2D eigenvalue weighted by Crippen LogP contribution is 2.51. The van der Waals surface area contributed by atoms with Crippen LogP contribution in [0.1, 0.15) is 43.4 Å². The van der Waals surface area contributed by atoms with Gasteiger partial charge in [-0.15, -0.1) is 0 Å². The maximum atomic E-state index is 12.7. The van der Waals surface area contributed by atoms with Gasteiger partial charge in [0, 0.05) is 17.6 Å². The molecule has 0 amide bonds. The van der Waals surface area contributed by atoms with Crippen LogP contribution in [0.3, 0.4) is 0 Å². The quantitative estimate of drug-likeness (QED) is 0.561. The third-order valence-corrected chi connectivity index (χ3v) is 7.85. The minimum absolute atomic E-state index is 0.140. The molecule has 3 aromatic carbocycles. The SMILES string of the molecule is CC(C)NS(=O)(=O)c1ccc2c(c1)C1C=CCC1C(c1cccc3ccccc13)N2. The minimum Gasteiger partial charge on any atom is -0.378 e. The van der Waals surface area contributed by atoms with Crippen molar-refractivity contribution in [3.05, 3.63) is 83.9 Å². The van der Waals surface area contributed by atoms with Crippen LogP contribution < -0.4 is 10.0 Å². The summed E-state index contributed by atoms with van der Waals surface area (Å²) >= 11 is 0. The second-order valence-corrected chi connectivity index (χ2v) is 10.3. The van der Waals surface area contributed by atoms with Crippen LogP contribution >= 0.6 is 0 Å². The van der Waals surface area contributed by atoms with E-state index in [2.05, 4.69) is 64.7 Å². The molecule has 2 N–H and O–H groups in total. The Labute approximate surface area is 178 Å². The average molecular weight is 419 g/mol. The van der Waals surface area contributed by atoms with Gasteiger partial charge in [-0.1, -0.05) is 54.6 Å². The fourth-order valence-electron chi connectivity index (χ4n) is 4.95. The Morgan fingerprint density at radius 1 is 1.00 bits per heavy atom. The molecule has 1 aliphatic carbocycles. The second kappa shape index (κ2) is 7.25. The van der Waals surface area contributed by atoms with Crippen LogP contribution in [0, 0.1) is 5.92 Å². The molecule has 30 heavy (non-hydrogen) atoms. The summed E-state index contributed by atoms with van der Waals surface area (Å²) in [6, 6.07) is 20.5. The summed E-state index contributed by atoms with van der Waals surface area (Å²) in [5.41, 5.74) is 3.39. The van der Waals surface area contributed by atoms with Crippen LogP contribution in [0.5, 0.6) is 0 Å². The van der Waals surface area contributed by atoms with E-state index in [1.54, 1.807) is 6.07 Å². The molecule has 1 aliphatic heterocycles. The summed E-state index contributed by atoms with van der Waals surface area (Å²) in [5.74, 6) is 0.568. The molecule has 4 nitrogen and oxygen atoms in total. The predicted octanol–water partition coefficient (Wildman–Crippen LogP) is 5.35. The Kier molecular flexibility index (Phi) is 4.68. The number of allylic oxidation sites excluding steroid dienone is 2. The van der Waals surface area contributed by atoms with Crippen molar-refractivity contribution in [3.8, 4) is 0 Å². The van der Waals surface area contributed by atoms with Gasteiger partial charge in [0.1, 0.15) is 0 Å². The smallest absolute Gasteiger partial charge is 0.240 e. The standard InChI is InChI=1S/C25H26N2O2S/c1-16(2)27-30(28,29)18-13-14-24-23(15-18)20-10-6-12-22(20)25(26-24)21-11-5-8-17-7-3-4-9-19(17)21/h3-11,13-16,20,22,25-27H,12H2,1-2H3. The van der Waals surface area contributed by atoms with E-state index in [4.69, 9.17) is 0 Å². The van der Waals surface area contributed by atoms with Crippen molar-refractivity contribution in [1.82, 2.24) is 4.72 Å². The van der Waals surface area contributed by atoms with Gasteiger partial charge in [-0.05, 0) is 66.3 Å². The zero-order valence-electron chi connectivity index (χ0n) is 17.2. The lowest BCUT2D eigenvalue weighted by Gasteiger charge is -2.38. The zero-order valence-corrected chi connectivity index (χ0v) is 18.0. The number of anilines is 1. The fraction of sp³-hybridized carbons (Fsp3) is 0.280. The van der Waals surface area contributed by atoms with Crippen LogP contribution in [-0.4, -0.2) is 14.5 Å². The van der Waals surface area contributed by atoms with Gasteiger partial charge in [0.15, 0.2) is 0 Å². The van der Waals surface area contributed by atoms with Crippen molar-refractivity contribution in [1.29, 1.82) is 0 Å². The lowest BCUT2D eigenvalue weighted by atomic mass is 9.76. The van der Waals surface area contributed by atoms with E-state index in [1.807, 2.05) is 26.0 Å². The van der Waals surface area contributed by atoms with Crippen molar-refractivity contribution in [2.24, 2.45) is 5.92 Å². The number of fused-ring (bicyclic) bond motifs is 4. The van der Waals surface area contributed by atoms with Gasteiger partial charge in [-0.2, -0.15) is 0 Å². The number of sulfonamides is 1. The maximum absolute atomic E-state index is 12.7. The Balaban J connectivity index is 1.59. The Hall–Kier alpha value is -2.63. The molecular formula is C25H26N2O2S. The lowest BCUT2D eigenvalue weighted by Crippen LogP contribution is -2.32. The molecular weight excluding hydrogens is 392 g/mol. The van der Waals surface area contributed by atoms with Gasteiger partial charge >= 0.3 is 0 Å². The van der Waals surface area contributed by atoms with E-state index in [0.29, 0.717) is 10.8 Å². The van der Waals surface area contributed by atoms with Crippen LogP contribution in [0.2, 0.25) is 0 Å². The third kappa shape index (κ3) is 3.22. The first-order chi connectivity index (χ1) is 14.4. The third-order valence-electron chi connectivity index (χ3n) is 6.19. The van der Waals surface area contributed by atoms with Crippen molar-refractivity contribution in [2.75, 3.05) is 5.32 Å². The number of nitrogens with one attached hydrogen (secondary N) is 2. The van der Waals surface area contributed by atoms with Crippen LogP contribution in [-0.2, 0) is 10.0 Å². The molecule has 0 spiro atoms. The van der Waals surface area contributed by atoms with Gasteiger partial charge < -0.3 is 5.32 Å². The Bertz CT molecular complexity index is 1240. The molecule has 1 heterocycles. The van der Waals surface area contributed by atoms with E-state index in [9.17, 15) is 8.42 Å². The first-order valence-corrected chi connectivity index (χ1v) is 12.0. The minimum atomic E-state index is -3.52. The highest BCUT2D eigenvalue weighted by atomic mass is 32.2. The molecule has 154 valence electrons. The first kappa shape index (κ1) is 19.3. The first-order valence-electron chi connectivity index (χ1n) is 10.5. The molecule has 3 unspecified atom stereocenters. The Morgan fingerprint density at radius 2 is 1.80 bits per heavy atom. The summed E-state index contributed by atoms with van der Waals surface area (Å²) in [6.45, 7) is 3.67. The number of hydrogen-bond donors (Lipinski definition) is 2. The molecule has 0 saturated heterocycles. The second-order valence-electron chi connectivity index (χ2n) is 8.57. The molecule has 3 aromatic rings. The van der Waals surface area contributed by atoms with E-state index < -0.39 is 10.0 Å². The van der Waals surface area contributed by atoms with Gasteiger partial charge in [-0.25, -0.2) is 13.1 Å². The summed E-state index contributed by atoms with van der Waals surface area (Å²) in [5, 5.41) is 6.25. The Morgan fingerprint density at radius 3 is 2.63 bits per heavy atom. The molecule has 5 rings (SSSR count). The van der Waals surface area contributed by atoms with Gasteiger partial charge in [-0.3, -0.25) is 0 Å². The summed E-state index contributed by atoms with van der Waals surface area (Å²) in [4.78, 5) is 0.333. The summed E-state index contributed by atoms with van der Waals surface area (Å²) in [7, 11) is -3.52. The highest BCUT2D eigenvalue weighted by Gasteiger charge is 2.39. The van der Waals surface area contributed by atoms with Crippen LogP contribution in [0.15, 0.2) is 77.7 Å². The van der Waals surface area contributed by atoms with Crippen molar-refractivity contribution in [3.63, 3.8) is 0 Å². The molecule has 0 aromatic heterocycles. The van der Waals surface area contributed by atoms with Gasteiger partial charge in [0.2, 0.25) is 10.0 Å². The lowest BCUT2D eigenvalue weighted by molar-refractivity contribution is 0.427. The average Bonchev–Trinajstić information content (AvgIpc) is 3.22. The molecule has 0 saturated carbocycles. The summed E-state index contributed by atoms with van der Waals surface area (Å²) in [6.07, 6.45) is 5.46. The number of rotatable bonds is 4. The molecule has 3 atom stereocenters. The van der Waals surface area contributed by atoms with Crippen molar-refractivity contribution in [2.45, 2.75) is 43.2 Å². The molecule has 0 radical (unpaired) electrons. The van der Waals surface area contributed by atoms with Gasteiger partial charge in [0.25, 0.3) is 0 Å². The van der Waals surface area contributed by atoms with Crippen LogP contribution in [0.25, 0.3) is 10.8 Å². The van der Waals surface area contributed by atoms with E-state index >= 15 is 0 Å². The van der Waals surface area contributed by atoms with E-state index in [-0.39, 0.29) is 18.0 Å². The van der Waals surface area contributed by atoms with E-state index in [0.717, 1.165) is 17.7 Å². The van der Waals surface area contributed by atoms with Crippen molar-refractivity contribution < 1.29 is 8.42 Å². The van der Waals surface area contributed by atoms with E-state index in [1.165, 1.54) is 16.3 Å². The molecule has 5 heteroatoms. The molecule has 0 fully saturated rings. The fourth-order valence-corrected chi connectivity index (χ4v) is 6.23.